The zero-order valence-corrected chi connectivity index (χ0v) is 16.4. The van der Waals surface area contributed by atoms with Crippen LogP contribution in [-0.2, 0) is 21.0 Å². The molecule has 0 saturated heterocycles. The zero-order chi connectivity index (χ0) is 21.5. The molecule has 1 unspecified atom stereocenters. The van der Waals surface area contributed by atoms with Crippen LogP contribution >= 0.6 is 0 Å². The van der Waals surface area contributed by atoms with Crippen molar-refractivity contribution in [3.63, 3.8) is 0 Å². The largest absolute Gasteiger partial charge is 0.416 e. The van der Waals surface area contributed by atoms with Gasteiger partial charge in [0.15, 0.2) is 0 Å². The van der Waals surface area contributed by atoms with Crippen molar-refractivity contribution in [3.05, 3.63) is 76.7 Å². The van der Waals surface area contributed by atoms with Gasteiger partial charge in [-0.2, -0.15) is 13.2 Å². The first-order valence-corrected chi connectivity index (χ1v) is 10.3. The third-order valence-electron chi connectivity index (χ3n) is 4.01. The van der Waals surface area contributed by atoms with Gasteiger partial charge in [-0.3, -0.25) is 4.79 Å². The summed E-state index contributed by atoms with van der Waals surface area (Å²) in [6.45, 7) is 1.53. The summed E-state index contributed by atoms with van der Waals surface area (Å²) in [5.74, 6) is -0.424. The number of hydrogen-bond acceptors (Lipinski definition) is 3. The van der Waals surface area contributed by atoms with E-state index in [0.717, 1.165) is 23.1 Å². The fraction of sp³-hybridized carbons (Fsp3) is 0.250. The van der Waals surface area contributed by atoms with Gasteiger partial charge in [0.1, 0.15) is 0 Å². The Balaban J connectivity index is 1.81. The monoisotopic (exact) mass is 426 g/mol. The lowest BCUT2D eigenvalue weighted by molar-refractivity contribution is -0.137. The van der Waals surface area contributed by atoms with Crippen molar-refractivity contribution >= 4 is 22.0 Å². The third-order valence-corrected chi connectivity index (χ3v) is 5.11. The van der Waals surface area contributed by atoms with E-state index in [2.05, 4.69) is 10.0 Å². The van der Waals surface area contributed by atoms with E-state index in [9.17, 15) is 26.4 Å². The van der Waals surface area contributed by atoms with Gasteiger partial charge in [0.2, 0.25) is 15.9 Å². The first kappa shape index (κ1) is 22.6. The molecule has 0 aliphatic rings. The van der Waals surface area contributed by atoms with Crippen LogP contribution in [0.2, 0.25) is 0 Å². The fourth-order valence-electron chi connectivity index (χ4n) is 2.44. The molecule has 5 nitrogen and oxygen atoms in total. The minimum absolute atomic E-state index is 0.104. The Labute approximate surface area is 167 Å². The molecule has 0 heterocycles. The normalized spacial score (nSPS) is 13.4. The van der Waals surface area contributed by atoms with Gasteiger partial charge < -0.3 is 5.32 Å². The van der Waals surface area contributed by atoms with E-state index in [1.54, 1.807) is 31.2 Å². The molecule has 0 fully saturated rings. The van der Waals surface area contributed by atoms with Crippen LogP contribution in [-0.4, -0.2) is 20.9 Å². The minimum Gasteiger partial charge on any atom is -0.350 e. The van der Waals surface area contributed by atoms with E-state index in [1.165, 1.54) is 18.2 Å². The second-order valence-electron chi connectivity index (χ2n) is 6.31. The molecule has 2 aromatic rings. The molecule has 0 saturated carbocycles. The number of sulfonamides is 1. The molecule has 1 atom stereocenters. The van der Waals surface area contributed by atoms with Crippen LogP contribution < -0.4 is 10.0 Å². The summed E-state index contributed by atoms with van der Waals surface area (Å²) in [6.07, 6.45) is -3.09. The molecule has 9 heteroatoms. The summed E-state index contributed by atoms with van der Waals surface area (Å²) in [4.78, 5) is 12.0. The molecule has 2 rings (SSSR count). The molecule has 2 N–H and O–H groups in total. The lowest BCUT2D eigenvalue weighted by Crippen LogP contribution is -2.31. The average Bonchev–Trinajstić information content (AvgIpc) is 2.66. The number of carbonyl (C=O) groups is 1. The number of alkyl halides is 3. The van der Waals surface area contributed by atoms with Gasteiger partial charge in [-0.15, -0.1) is 0 Å². The van der Waals surface area contributed by atoms with Crippen LogP contribution in [0.15, 0.2) is 60.0 Å². The van der Waals surface area contributed by atoms with Gasteiger partial charge in [-0.1, -0.05) is 42.5 Å². The summed E-state index contributed by atoms with van der Waals surface area (Å²) >= 11 is 0. The standard InChI is InChI=1S/C20H21F3N2O3S/c1-15(17-7-9-18(10-8-17)20(21,22)23)25-19(26)11-13-24-29(27,28)14-12-16-5-3-2-4-6-16/h2-10,12,14-15,24H,11,13H2,1H3,(H,25,26)/b14-12+. The number of rotatable bonds is 8. The van der Waals surface area contributed by atoms with Crippen molar-refractivity contribution in [2.45, 2.75) is 25.6 Å². The topological polar surface area (TPSA) is 75.3 Å². The van der Waals surface area contributed by atoms with Crippen molar-refractivity contribution in [2.75, 3.05) is 6.54 Å². The molecule has 156 valence electrons. The number of nitrogens with one attached hydrogen (secondary N) is 2. The van der Waals surface area contributed by atoms with Gasteiger partial charge in [0.25, 0.3) is 0 Å². The van der Waals surface area contributed by atoms with Gasteiger partial charge in [0.05, 0.1) is 11.6 Å². The molecule has 0 bridgehead atoms. The number of halogens is 3. The predicted octanol–water partition coefficient (Wildman–Crippen LogP) is 3.86. The highest BCUT2D eigenvalue weighted by molar-refractivity contribution is 7.92. The number of hydrogen-bond donors (Lipinski definition) is 2. The van der Waals surface area contributed by atoms with Crippen molar-refractivity contribution in [3.8, 4) is 0 Å². The van der Waals surface area contributed by atoms with Gasteiger partial charge in [0, 0.05) is 18.4 Å². The van der Waals surface area contributed by atoms with Crippen LogP contribution in [0.3, 0.4) is 0 Å². The molecule has 0 spiro atoms. The molecule has 1 amide bonds. The zero-order valence-electron chi connectivity index (χ0n) is 15.6. The first-order valence-electron chi connectivity index (χ1n) is 8.76. The smallest absolute Gasteiger partial charge is 0.350 e. The molecule has 2 aromatic carbocycles. The van der Waals surface area contributed by atoms with E-state index in [0.29, 0.717) is 5.56 Å². The van der Waals surface area contributed by atoms with Crippen LogP contribution in [0.5, 0.6) is 0 Å². The Kier molecular flexibility index (Phi) is 7.58. The molecule has 0 aromatic heterocycles. The molecular formula is C20H21F3N2O3S. The average molecular weight is 426 g/mol. The predicted molar refractivity (Wildman–Crippen MR) is 105 cm³/mol. The maximum absolute atomic E-state index is 12.6. The van der Waals surface area contributed by atoms with E-state index < -0.39 is 33.7 Å². The third kappa shape index (κ3) is 7.71. The van der Waals surface area contributed by atoms with E-state index in [4.69, 9.17) is 0 Å². The first-order chi connectivity index (χ1) is 13.6. The maximum Gasteiger partial charge on any atom is 0.416 e. The van der Waals surface area contributed by atoms with E-state index >= 15 is 0 Å². The highest BCUT2D eigenvalue weighted by Crippen LogP contribution is 2.29. The summed E-state index contributed by atoms with van der Waals surface area (Å²) in [7, 11) is -3.69. The summed E-state index contributed by atoms with van der Waals surface area (Å²) in [6, 6.07) is 12.9. The van der Waals surface area contributed by atoms with Crippen molar-refractivity contribution in [2.24, 2.45) is 0 Å². The molecule has 0 radical (unpaired) electrons. The Bertz CT molecular complexity index is 941. The van der Waals surface area contributed by atoms with Crippen LogP contribution in [0.1, 0.15) is 36.1 Å². The van der Waals surface area contributed by atoms with Gasteiger partial charge in [-0.25, -0.2) is 13.1 Å². The van der Waals surface area contributed by atoms with Crippen molar-refractivity contribution in [1.82, 2.24) is 10.0 Å². The van der Waals surface area contributed by atoms with Crippen LogP contribution in [0, 0.1) is 0 Å². The second kappa shape index (κ2) is 9.71. The summed E-state index contributed by atoms with van der Waals surface area (Å²) < 4.78 is 63.9. The Morgan fingerprint density at radius 3 is 2.28 bits per heavy atom. The molecule has 0 aliphatic heterocycles. The van der Waals surface area contributed by atoms with Crippen LogP contribution in [0.4, 0.5) is 13.2 Å². The highest BCUT2D eigenvalue weighted by atomic mass is 32.2. The lowest BCUT2D eigenvalue weighted by Gasteiger charge is -2.15. The Morgan fingerprint density at radius 1 is 1.07 bits per heavy atom. The highest BCUT2D eigenvalue weighted by Gasteiger charge is 2.30. The maximum atomic E-state index is 12.6. The lowest BCUT2D eigenvalue weighted by atomic mass is 10.1. The van der Waals surface area contributed by atoms with E-state index in [-0.39, 0.29) is 13.0 Å². The van der Waals surface area contributed by atoms with E-state index in [1.807, 2.05) is 6.07 Å². The molecule has 29 heavy (non-hydrogen) atoms. The Hall–Kier alpha value is -2.65. The minimum atomic E-state index is -4.42. The van der Waals surface area contributed by atoms with Crippen molar-refractivity contribution < 1.29 is 26.4 Å². The fourth-order valence-corrected chi connectivity index (χ4v) is 3.26. The molecular weight excluding hydrogens is 405 g/mol. The quantitative estimate of drug-likeness (QED) is 0.673. The SMILES string of the molecule is CC(NC(=O)CCNS(=O)(=O)/C=C/c1ccccc1)c1ccc(C(F)(F)F)cc1. The summed E-state index contributed by atoms with van der Waals surface area (Å²) in [5.41, 5.74) is 0.469. The number of benzene rings is 2. The number of amides is 1. The second-order valence-corrected chi connectivity index (χ2v) is 7.96. The van der Waals surface area contributed by atoms with Gasteiger partial charge in [-0.05, 0) is 36.3 Å². The van der Waals surface area contributed by atoms with Gasteiger partial charge >= 0.3 is 6.18 Å². The van der Waals surface area contributed by atoms with Crippen molar-refractivity contribution in [1.29, 1.82) is 0 Å². The van der Waals surface area contributed by atoms with Crippen LogP contribution in [0.25, 0.3) is 6.08 Å². The summed E-state index contributed by atoms with van der Waals surface area (Å²) in [5, 5.41) is 3.64. The number of carbonyl (C=O) groups excluding carboxylic acids is 1. The Morgan fingerprint density at radius 2 is 1.69 bits per heavy atom. The molecule has 0 aliphatic carbocycles.